The van der Waals surface area contributed by atoms with Crippen LogP contribution in [-0.4, -0.2) is 23.8 Å². The van der Waals surface area contributed by atoms with Gasteiger partial charge in [-0.15, -0.1) is 6.42 Å². The van der Waals surface area contributed by atoms with Gasteiger partial charge in [0.25, 0.3) is 0 Å². The maximum absolute atomic E-state index is 8.86. The first-order chi connectivity index (χ1) is 4.70. The lowest BCUT2D eigenvalue weighted by Gasteiger charge is -2.11. The van der Waals surface area contributed by atoms with E-state index in [1.807, 2.05) is 6.92 Å². The zero-order chi connectivity index (χ0) is 7.98. The third-order valence-corrected chi connectivity index (χ3v) is 1.27. The van der Waals surface area contributed by atoms with E-state index in [4.69, 9.17) is 11.5 Å². The number of nitrogens with one attached hydrogen (secondary N) is 1. The summed E-state index contributed by atoms with van der Waals surface area (Å²) in [5.74, 6) is 2.58. The van der Waals surface area contributed by atoms with Crippen molar-refractivity contribution < 1.29 is 5.11 Å². The van der Waals surface area contributed by atoms with Gasteiger partial charge in [0, 0.05) is 6.54 Å². The van der Waals surface area contributed by atoms with Crippen LogP contribution in [0.15, 0.2) is 0 Å². The number of aliphatic hydroxyl groups is 1. The van der Waals surface area contributed by atoms with E-state index >= 15 is 0 Å². The minimum atomic E-state index is -0.317. The molecule has 2 atom stereocenters. The van der Waals surface area contributed by atoms with Gasteiger partial charge in [0.2, 0.25) is 0 Å². The van der Waals surface area contributed by atoms with E-state index < -0.39 is 0 Å². The maximum atomic E-state index is 8.86. The molecule has 2 heteroatoms. The number of hydrogen-bond acceptors (Lipinski definition) is 2. The van der Waals surface area contributed by atoms with Crippen molar-refractivity contribution in [1.29, 1.82) is 0 Å². The van der Waals surface area contributed by atoms with Crippen LogP contribution in [0.1, 0.15) is 20.3 Å². The quantitative estimate of drug-likeness (QED) is 0.554. The molecule has 58 valence electrons. The van der Waals surface area contributed by atoms with Crippen molar-refractivity contribution in [3.63, 3.8) is 0 Å². The summed E-state index contributed by atoms with van der Waals surface area (Å²) < 4.78 is 0. The molecule has 0 aliphatic heterocycles. The summed E-state index contributed by atoms with van der Waals surface area (Å²) in [4.78, 5) is 0. The molecule has 0 aliphatic carbocycles. The molecule has 1 unspecified atom stereocenters. The number of aliphatic hydroxyl groups excluding tert-OH is 1. The third kappa shape index (κ3) is 4.37. The first-order valence-corrected chi connectivity index (χ1v) is 3.58. The molecule has 0 aromatic carbocycles. The van der Waals surface area contributed by atoms with E-state index in [1.54, 1.807) is 6.92 Å². The standard InChI is InChI=1S/C8H15NO/c1-4-8(5-2)9-6-7(3)10/h1,7-10H,5-6H2,2-3H3/t7-,8?/m1/s1. The third-order valence-electron chi connectivity index (χ3n) is 1.27. The van der Waals surface area contributed by atoms with Gasteiger partial charge in [-0.05, 0) is 13.3 Å². The van der Waals surface area contributed by atoms with Gasteiger partial charge in [-0.3, -0.25) is 0 Å². The predicted octanol–water partition coefficient (Wildman–Crippen LogP) is 0.369. The summed E-state index contributed by atoms with van der Waals surface area (Å²) >= 11 is 0. The SMILES string of the molecule is C#CC(CC)NC[C@@H](C)O. The Morgan fingerprint density at radius 3 is 2.60 bits per heavy atom. The van der Waals surface area contributed by atoms with Gasteiger partial charge in [0.15, 0.2) is 0 Å². The van der Waals surface area contributed by atoms with E-state index in [2.05, 4.69) is 11.2 Å². The zero-order valence-corrected chi connectivity index (χ0v) is 6.59. The van der Waals surface area contributed by atoms with Crippen LogP contribution >= 0.6 is 0 Å². The molecule has 0 rings (SSSR count). The van der Waals surface area contributed by atoms with E-state index in [1.165, 1.54) is 0 Å². The van der Waals surface area contributed by atoms with E-state index in [-0.39, 0.29) is 12.1 Å². The van der Waals surface area contributed by atoms with Gasteiger partial charge >= 0.3 is 0 Å². The Morgan fingerprint density at radius 1 is 1.70 bits per heavy atom. The molecule has 0 aromatic heterocycles. The molecular weight excluding hydrogens is 126 g/mol. The van der Waals surface area contributed by atoms with Crippen molar-refractivity contribution in [3.8, 4) is 12.3 Å². The summed E-state index contributed by atoms with van der Waals surface area (Å²) in [5.41, 5.74) is 0. The Hall–Kier alpha value is -0.520. The monoisotopic (exact) mass is 141 g/mol. The van der Waals surface area contributed by atoms with Gasteiger partial charge in [-0.2, -0.15) is 0 Å². The highest BCUT2D eigenvalue weighted by atomic mass is 16.3. The molecular formula is C8H15NO. The molecule has 0 saturated heterocycles. The lowest BCUT2D eigenvalue weighted by atomic mass is 10.2. The largest absolute Gasteiger partial charge is 0.392 e. The Morgan fingerprint density at radius 2 is 2.30 bits per heavy atom. The predicted molar refractivity (Wildman–Crippen MR) is 42.6 cm³/mol. The molecule has 0 saturated carbocycles. The Balaban J connectivity index is 3.38. The van der Waals surface area contributed by atoms with E-state index in [0.717, 1.165) is 6.42 Å². The highest BCUT2D eigenvalue weighted by molar-refractivity contribution is 4.97. The van der Waals surface area contributed by atoms with Crippen molar-refractivity contribution in [2.45, 2.75) is 32.4 Å². The fourth-order valence-electron chi connectivity index (χ4n) is 0.634. The Bertz CT molecular complexity index is 115. The fourth-order valence-corrected chi connectivity index (χ4v) is 0.634. The second-order valence-electron chi connectivity index (χ2n) is 2.38. The lowest BCUT2D eigenvalue weighted by Crippen LogP contribution is -2.32. The summed E-state index contributed by atoms with van der Waals surface area (Å²) in [6, 6.07) is 0.106. The minimum absolute atomic E-state index is 0.106. The topological polar surface area (TPSA) is 32.3 Å². The van der Waals surface area contributed by atoms with Crippen molar-refractivity contribution in [3.05, 3.63) is 0 Å². The number of rotatable bonds is 4. The Kier molecular flexibility index (Phi) is 5.00. The van der Waals surface area contributed by atoms with Crippen molar-refractivity contribution in [2.75, 3.05) is 6.54 Å². The smallest absolute Gasteiger partial charge is 0.0685 e. The molecule has 2 nitrogen and oxygen atoms in total. The van der Waals surface area contributed by atoms with E-state index in [9.17, 15) is 0 Å². The van der Waals surface area contributed by atoms with E-state index in [0.29, 0.717) is 6.54 Å². The highest BCUT2D eigenvalue weighted by Gasteiger charge is 2.01. The van der Waals surface area contributed by atoms with Crippen LogP contribution in [0.5, 0.6) is 0 Å². The minimum Gasteiger partial charge on any atom is -0.392 e. The summed E-state index contributed by atoms with van der Waals surface area (Å²) in [6.45, 7) is 4.32. The molecule has 0 spiro atoms. The zero-order valence-electron chi connectivity index (χ0n) is 6.59. The molecule has 0 radical (unpaired) electrons. The summed E-state index contributed by atoms with van der Waals surface area (Å²) in [5, 5.41) is 11.9. The molecule has 0 aliphatic rings. The summed E-state index contributed by atoms with van der Waals surface area (Å²) in [7, 11) is 0. The van der Waals surface area contributed by atoms with Crippen LogP contribution in [0.2, 0.25) is 0 Å². The van der Waals surface area contributed by atoms with Crippen LogP contribution in [0, 0.1) is 12.3 Å². The Labute approximate surface area is 62.6 Å². The molecule has 0 aromatic rings. The first-order valence-electron chi connectivity index (χ1n) is 3.58. The van der Waals surface area contributed by atoms with Gasteiger partial charge in [0.05, 0.1) is 12.1 Å². The fraction of sp³-hybridized carbons (Fsp3) is 0.750. The van der Waals surface area contributed by atoms with Crippen LogP contribution in [0.4, 0.5) is 0 Å². The van der Waals surface area contributed by atoms with Crippen molar-refractivity contribution >= 4 is 0 Å². The van der Waals surface area contributed by atoms with Crippen LogP contribution in [0.3, 0.4) is 0 Å². The van der Waals surface area contributed by atoms with Crippen LogP contribution < -0.4 is 5.32 Å². The van der Waals surface area contributed by atoms with Gasteiger partial charge < -0.3 is 10.4 Å². The number of terminal acetylenes is 1. The van der Waals surface area contributed by atoms with Gasteiger partial charge in [0.1, 0.15) is 0 Å². The molecule has 10 heavy (non-hydrogen) atoms. The lowest BCUT2D eigenvalue weighted by molar-refractivity contribution is 0.189. The molecule has 0 fully saturated rings. The van der Waals surface area contributed by atoms with Crippen LogP contribution in [0.25, 0.3) is 0 Å². The van der Waals surface area contributed by atoms with Crippen LogP contribution in [-0.2, 0) is 0 Å². The molecule has 0 bridgehead atoms. The first kappa shape index (κ1) is 9.48. The maximum Gasteiger partial charge on any atom is 0.0685 e. The molecule has 0 heterocycles. The average molecular weight is 141 g/mol. The van der Waals surface area contributed by atoms with Gasteiger partial charge in [-0.25, -0.2) is 0 Å². The average Bonchev–Trinajstić information content (AvgIpc) is 1.90. The number of hydrogen-bond donors (Lipinski definition) is 2. The van der Waals surface area contributed by atoms with Gasteiger partial charge in [-0.1, -0.05) is 12.8 Å². The summed E-state index contributed by atoms with van der Waals surface area (Å²) in [6.07, 6.45) is 5.76. The van der Waals surface area contributed by atoms with Crippen molar-refractivity contribution in [2.24, 2.45) is 0 Å². The molecule has 0 amide bonds. The highest BCUT2D eigenvalue weighted by Crippen LogP contribution is 1.87. The van der Waals surface area contributed by atoms with Crippen molar-refractivity contribution in [1.82, 2.24) is 5.32 Å². The normalized spacial score (nSPS) is 15.8. The second kappa shape index (κ2) is 5.28. The molecule has 2 N–H and O–H groups in total. The second-order valence-corrected chi connectivity index (χ2v) is 2.38.